The van der Waals surface area contributed by atoms with Crippen LogP contribution in [0.2, 0.25) is 0 Å². The highest BCUT2D eigenvalue weighted by atomic mass is 19.4. The van der Waals surface area contributed by atoms with Gasteiger partial charge in [-0.05, 0) is 24.6 Å². The van der Waals surface area contributed by atoms with Crippen LogP contribution < -0.4 is 9.47 Å². The van der Waals surface area contributed by atoms with Gasteiger partial charge >= 0.3 is 6.36 Å². The van der Waals surface area contributed by atoms with Gasteiger partial charge in [-0.3, -0.25) is 4.79 Å². The third-order valence-corrected chi connectivity index (χ3v) is 1.99. The third-order valence-electron chi connectivity index (χ3n) is 1.99. The molecule has 7 heteroatoms. The minimum absolute atomic E-state index is 0.0445. The highest BCUT2D eigenvalue weighted by Crippen LogP contribution is 2.31. The zero-order chi connectivity index (χ0) is 13.8. The summed E-state index contributed by atoms with van der Waals surface area (Å²) >= 11 is 0. The van der Waals surface area contributed by atoms with Crippen LogP contribution in [0, 0.1) is 6.92 Å². The highest BCUT2D eigenvalue weighted by molar-refractivity contribution is 5.80. The minimum Gasteiger partial charge on any atom is -0.467 e. The molecule has 0 aliphatic heterocycles. The number of alkyl halides is 3. The van der Waals surface area contributed by atoms with Crippen LogP contribution in [-0.4, -0.2) is 26.6 Å². The number of ether oxygens (including phenoxy) is 3. The maximum Gasteiger partial charge on any atom is 0.573 e. The molecule has 0 atom stereocenters. The van der Waals surface area contributed by atoms with Crippen LogP contribution in [0.1, 0.15) is 15.9 Å². The number of hydrogen-bond acceptors (Lipinski definition) is 4. The predicted molar refractivity (Wildman–Crippen MR) is 55.8 cm³/mol. The maximum absolute atomic E-state index is 12.1. The van der Waals surface area contributed by atoms with E-state index in [4.69, 9.17) is 4.74 Å². The standard InChI is InChI=1S/C11H11F3O4/c1-7-3-10(17-6-16-2)8(5-15)4-9(7)18-11(12,13)14/h3-5H,6H2,1-2H3. The largest absolute Gasteiger partial charge is 0.573 e. The van der Waals surface area contributed by atoms with E-state index in [1.165, 1.54) is 20.1 Å². The number of methoxy groups -OCH3 is 1. The summed E-state index contributed by atoms with van der Waals surface area (Å²) in [6, 6.07) is 2.25. The van der Waals surface area contributed by atoms with Crippen LogP contribution in [0.3, 0.4) is 0 Å². The number of halogens is 3. The summed E-state index contributed by atoms with van der Waals surface area (Å²) in [5, 5.41) is 0. The lowest BCUT2D eigenvalue weighted by molar-refractivity contribution is -0.274. The van der Waals surface area contributed by atoms with Gasteiger partial charge in [0.25, 0.3) is 0 Å². The Morgan fingerprint density at radius 3 is 2.44 bits per heavy atom. The molecular formula is C11H11F3O4. The number of hydrogen-bond donors (Lipinski definition) is 0. The second-order valence-corrected chi connectivity index (χ2v) is 3.37. The Bertz CT molecular complexity index is 429. The maximum atomic E-state index is 12.1. The molecular weight excluding hydrogens is 253 g/mol. The van der Waals surface area contributed by atoms with E-state index in [1.807, 2.05) is 0 Å². The molecule has 0 unspecified atom stereocenters. The highest BCUT2D eigenvalue weighted by Gasteiger charge is 2.32. The molecule has 0 N–H and O–H groups in total. The van der Waals surface area contributed by atoms with Crippen molar-refractivity contribution >= 4 is 6.29 Å². The predicted octanol–water partition coefficient (Wildman–Crippen LogP) is 2.69. The summed E-state index contributed by atoms with van der Waals surface area (Å²) in [7, 11) is 1.38. The second-order valence-electron chi connectivity index (χ2n) is 3.37. The summed E-state index contributed by atoms with van der Waals surface area (Å²) in [6.45, 7) is 1.30. The molecule has 18 heavy (non-hydrogen) atoms. The molecule has 4 nitrogen and oxygen atoms in total. The van der Waals surface area contributed by atoms with Crippen molar-refractivity contribution in [1.29, 1.82) is 0 Å². The van der Waals surface area contributed by atoms with Crippen molar-refractivity contribution in [3.8, 4) is 11.5 Å². The number of carbonyl (C=O) groups excluding carboxylic acids is 1. The fourth-order valence-electron chi connectivity index (χ4n) is 1.25. The van der Waals surface area contributed by atoms with Gasteiger partial charge < -0.3 is 14.2 Å². The van der Waals surface area contributed by atoms with E-state index in [2.05, 4.69) is 9.47 Å². The average Bonchev–Trinajstić information content (AvgIpc) is 2.27. The minimum atomic E-state index is -4.81. The first-order valence-electron chi connectivity index (χ1n) is 4.84. The van der Waals surface area contributed by atoms with Crippen LogP contribution >= 0.6 is 0 Å². The summed E-state index contributed by atoms with van der Waals surface area (Å²) in [4.78, 5) is 10.8. The monoisotopic (exact) mass is 264 g/mol. The molecule has 0 aromatic heterocycles. The van der Waals surface area contributed by atoms with E-state index in [0.717, 1.165) is 6.07 Å². The quantitative estimate of drug-likeness (QED) is 0.606. The summed E-state index contributed by atoms with van der Waals surface area (Å²) in [5.41, 5.74) is 0.154. The first-order chi connectivity index (χ1) is 8.37. The first-order valence-corrected chi connectivity index (χ1v) is 4.84. The molecule has 0 aliphatic carbocycles. The topological polar surface area (TPSA) is 44.8 Å². The smallest absolute Gasteiger partial charge is 0.467 e. The summed E-state index contributed by atoms with van der Waals surface area (Å²) < 4.78 is 49.8. The molecule has 0 saturated heterocycles. The molecule has 100 valence electrons. The van der Waals surface area contributed by atoms with E-state index >= 15 is 0 Å². The van der Waals surface area contributed by atoms with Crippen LogP contribution in [0.4, 0.5) is 13.2 Å². The Hall–Kier alpha value is -1.76. The molecule has 0 saturated carbocycles. The zero-order valence-electron chi connectivity index (χ0n) is 9.71. The molecule has 0 amide bonds. The van der Waals surface area contributed by atoms with E-state index in [0.29, 0.717) is 6.29 Å². The molecule has 0 fully saturated rings. The van der Waals surface area contributed by atoms with Crippen molar-refractivity contribution in [2.24, 2.45) is 0 Å². The van der Waals surface area contributed by atoms with Crippen LogP contribution in [0.15, 0.2) is 12.1 Å². The fraction of sp³-hybridized carbons (Fsp3) is 0.364. The molecule has 0 spiro atoms. The number of aryl methyl sites for hydroxylation is 1. The average molecular weight is 264 g/mol. The lowest BCUT2D eigenvalue weighted by Crippen LogP contribution is -2.18. The molecule has 1 aromatic carbocycles. The van der Waals surface area contributed by atoms with Crippen molar-refractivity contribution in [2.45, 2.75) is 13.3 Å². The van der Waals surface area contributed by atoms with Gasteiger partial charge in [0.15, 0.2) is 13.1 Å². The Morgan fingerprint density at radius 2 is 1.94 bits per heavy atom. The third kappa shape index (κ3) is 3.92. The van der Waals surface area contributed by atoms with E-state index < -0.39 is 12.1 Å². The lowest BCUT2D eigenvalue weighted by atomic mass is 10.1. The van der Waals surface area contributed by atoms with Gasteiger partial charge in [-0.1, -0.05) is 0 Å². The van der Waals surface area contributed by atoms with Crippen molar-refractivity contribution in [1.82, 2.24) is 0 Å². The zero-order valence-corrected chi connectivity index (χ0v) is 9.71. The Balaban J connectivity index is 3.06. The lowest BCUT2D eigenvalue weighted by Gasteiger charge is -2.14. The van der Waals surface area contributed by atoms with Gasteiger partial charge in [0.1, 0.15) is 11.5 Å². The van der Waals surface area contributed by atoms with Gasteiger partial charge in [0.05, 0.1) is 5.56 Å². The second kappa shape index (κ2) is 5.72. The Labute approximate surface area is 101 Å². The van der Waals surface area contributed by atoms with Gasteiger partial charge in [-0.25, -0.2) is 0 Å². The molecule has 1 aromatic rings. The van der Waals surface area contributed by atoms with Crippen LogP contribution in [-0.2, 0) is 4.74 Å². The fourth-order valence-corrected chi connectivity index (χ4v) is 1.25. The van der Waals surface area contributed by atoms with Crippen molar-refractivity contribution < 1.29 is 32.2 Å². The molecule has 0 aliphatic rings. The molecule has 1 rings (SSSR count). The van der Waals surface area contributed by atoms with E-state index in [1.54, 1.807) is 0 Å². The Morgan fingerprint density at radius 1 is 1.28 bits per heavy atom. The van der Waals surface area contributed by atoms with Gasteiger partial charge in [0, 0.05) is 7.11 Å². The van der Waals surface area contributed by atoms with Crippen molar-refractivity contribution in [3.63, 3.8) is 0 Å². The molecule has 0 heterocycles. The first kappa shape index (κ1) is 14.3. The molecule has 0 radical (unpaired) electrons. The summed E-state index contributed by atoms with van der Waals surface area (Å²) in [6.07, 6.45) is -4.42. The van der Waals surface area contributed by atoms with Crippen molar-refractivity contribution in [2.75, 3.05) is 13.9 Å². The number of aldehydes is 1. The number of carbonyl (C=O) groups is 1. The SMILES string of the molecule is COCOc1cc(C)c(OC(F)(F)F)cc1C=O. The number of benzene rings is 1. The van der Waals surface area contributed by atoms with Crippen LogP contribution in [0.5, 0.6) is 11.5 Å². The Kier molecular flexibility index (Phi) is 4.55. The van der Waals surface area contributed by atoms with Gasteiger partial charge in [-0.2, -0.15) is 0 Å². The van der Waals surface area contributed by atoms with Gasteiger partial charge in [0.2, 0.25) is 0 Å². The van der Waals surface area contributed by atoms with E-state index in [-0.39, 0.29) is 23.7 Å². The normalized spacial score (nSPS) is 11.2. The van der Waals surface area contributed by atoms with Crippen LogP contribution in [0.25, 0.3) is 0 Å². The van der Waals surface area contributed by atoms with Gasteiger partial charge in [-0.15, -0.1) is 13.2 Å². The van der Waals surface area contributed by atoms with Crippen molar-refractivity contribution in [3.05, 3.63) is 23.3 Å². The number of rotatable bonds is 5. The summed E-state index contributed by atoms with van der Waals surface area (Å²) in [5.74, 6) is -0.298. The molecule has 0 bridgehead atoms. The van der Waals surface area contributed by atoms with E-state index in [9.17, 15) is 18.0 Å².